The number of aromatic amines is 1. The van der Waals surface area contributed by atoms with Gasteiger partial charge in [-0.1, -0.05) is 60.2 Å². The van der Waals surface area contributed by atoms with Gasteiger partial charge in [0.2, 0.25) is 5.82 Å². The van der Waals surface area contributed by atoms with E-state index >= 15 is 0 Å². The van der Waals surface area contributed by atoms with Crippen LogP contribution in [0, 0.1) is 6.92 Å². The SMILES string of the molecule is Cc1ccc(-c2nnn(Cc3nc4scc(-c5ccccc5)c4c(=O)[nH]3)n2)cc1. The molecule has 0 unspecified atom stereocenters. The van der Waals surface area contributed by atoms with Crippen LogP contribution in [0.15, 0.2) is 64.8 Å². The molecular formula is C21H16N6OS. The van der Waals surface area contributed by atoms with Gasteiger partial charge < -0.3 is 4.98 Å². The number of hydrogen-bond acceptors (Lipinski definition) is 6. The van der Waals surface area contributed by atoms with Gasteiger partial charge in [0.15, 0.2) is 0 Å². The second-order valence-corrected chi connectivity index (χ2v) is 7.58. The third-order valence-electron chi connectivity index (χ3n) is 4.63. The number of fused-ring (bicyclic) bond motifs is 1. The van der Waals surface area contributed by atoms with Crippen molar-refractivity contribution < 1.29 is 0 Å². The molecule has 0 bridgehead atoms. The number of rotatable bonds is 4. The molecule has 1 N–H and O–H groups in total. The minimum absolute atomic E-state index is 0.163. The van der Waals surface area contributed by atoms with E-state index in [0.29, 0.717) is 21.9 Å². The normalized spacial score (nSPS) is 11.2. The molecule has 3 heterocycles. The number of nitrogens with one attached hydrogen (secondary N) is 1. The molecule has 0 atom stereocenters. The lowest BCUT2D eigenvalue weighted by atomic mass is 10.1. The summed E-state index contributed by atoms with van der Waals surface area (Å²) in [4.78, 5) is 22.3. The molecule has 0 saturated heterocycles. The maximum Gasteiger partial charge on any atom is 0.260 e. The lowest BCUT2D eigenvalue weighted by Crippen LogP contribution is -2.15. The number of tetrazole rings is 1. The van der Waals surface area contributed by atoms with Crippen molar-refractivity contribution in [3.05, 3.63) is 81.7 Å². The molecule has 29 heavy (non-hydrogen) atoms. The zero-order chi connectivity index (χ0) is 19.8. The molecule has 0 amide bonds. The highest BCUT2D eigenvalue weighted by Gasteiger charge is 2.14. The monoisotopic (exact) mass is 400 g/mol. The fraction of sp³-hybridized carbons (Fsp3) is 0.0952. The number of aromatic nitrogens is 6. The van der Waals surface area contributed by atoms with Crippen LogP contribution in [0.5, 0.6) is 0 Å². The van der Waals surface area contributed by atoms with Gasteiger partial charge in [0, 0.05) is 16.5 Å². The molecule has 0 aliphatic heterocycles. The van der Waals surface area contributed by atoms with Gasteiger partial charge in [-0.3, -0.25) is 4.79 Å². The van der Waals surface area contributed by atoms with Crippen LogP contribution in [0.2, 0.25) is 0 Å². The Bertz CT molecular complexity index is 1350. The van der Waals surface area contributed by atoms with E-state index in [-0.39, 0.29) is 12.1 Å². The molecule has 3 aromatic heterocycles. The molecule has 0 aliphatic rings. The van der Waals surface area contributed by atoms with Crippen molar-refractivity contribution in [2.75, 3.05) is 0 Å². The number of nitrogens with zero attached hydrogens (tertiary/aromatic N) is 5. The standard InChI is InChI=1S/C21H16N6OS/c1-13-7-9-15(10-8-13)19-24-26-27(25-19)11-17-22-20(28)18-16(12-29-21(18)23-17)14-5-3-2-4-6-14/h2-10,12H,11H2,1H3,(H,22,23,28). The van der Waals surface area contributed by atoms with Gasteiger partial charge in [-0.15, -0.1) is 21.5 Å². The number of thiophene rings is 1. The Morgan fingerprint density at radius 2 is 1.83 bits per heavy atom. The van der Waals surface area contributed by atoms with E-state index in [1.807, 2.05) is 66.9 Å². The number of hydrogen-bond donors (Lipinski definition) is 1. The Morgan fingerprint density at radius 3 is 2.62 bits per heavy atom. The lowest BCUT2D eigenvalue weighted by Gasteiger charge is -2.01. The highest BCUT2D eigenvalue weighted by Crippen LogP contribution is 2.30. The zero-order valence-electron chi connectivity index (χ0n) is 15.5. The van der Waals surface area contributed by atoms with E-state index in [0.717, 1.165) is 16.7 Å². The van der Waals surface area contributed by atoms with Crippen molar-refractivity contribution in [2.24, 2.45) is 0 Å². The third-order valence-corrected chi connectivity index (χ3v) is 5.50. The van der Waals surface area contributed by atoms with E-state index in [2.05, 4.69) is 25.4 Å². The molecule has 0 radical (unpaired) electrons. The van der Waals surface area contributed by atoms with Crippen LogP contribution in [0.3, 0.4) is 0 Å². The summed E-state index contributed by atoms with van der Waals surface area (Å²) in [7, 11) is 0. The predicted octanol–water partition coefficient (Wildman–Crippen LogP) is 3.66. The van der Waals surface area contributed by atoms with Crippen molar-refractivity contribution in [1.82, 2.24) is 30.2 Å². The van der Waals surface area contributed by atoms with Crippen molar-refractivity contribution in [1.29, 1.82) is 0 Å². The Kier molecular flexibility index (Phi) is 4.25. The first kappa shape index (κ1) is 17.4. The molecule has 0 spiro atoms. The molecule has 8 heteroatoms. The number of H-pyrrole nitrogens is 1. The Morgan fingerprint density at radius 1 is 1.03 bits per heavy atom. The van der Waals surface area contributed by atoms with E-state index < -0.39 is 0 Å². The number of aryl methyl sites for hydroxylation is 1. The largest absolute Gasteiger partial charge is 0.308 e. The minimum atomic E-state index is -0.163. The molecule has 0 aliphatic carbocycles. The van der Waals surface area contributed by atoms with Gasteiger partial charge in [0.25, 0.3) is 5.56 Å². The lowest BCUT2D eigenvalue weighted by molar-refractivity contribution is 0.555. The summed E-state index contributed by atoms with van der Waals surface area (Å²) in [5, 5.41) is 15.2. The maximum absolute atomic E-state index is 12.7. The first-order valence-electron chi connectivity index (χ1n) is 9.08. The minimum Gasteiger partial charge on any atom is -0.308 e. The second kappa shape index (κ2) is 7.06. The topological polar surface area (TPSA) is 89.4 Å². The van der Waals surface area contributed by atoms with Gasteiger partial charge in [-0.25, -0.2) is 4.98 Å². The van der Waals surface area contributed by atoms with Gasteiger partial charge in [-0.05, 0) is 17.7 Å². The molecule has 5 aromatic rings. The molecular weight excluding hydrogens is 384 g/mol. The van der Waals surface area contributed by atoms with E-state index in [9.17, 15) is 4.79 Å². The summed E-state index contributed by atoms with van der Waals surface area (Å²) in [6.07, 6.45) is 0. The summed E-state index contributed by atoms with van der Waals surface area (Å²) in [6, 6.07) is 17.8. The second-order valence-electron chi connectivity index (χ2n) is 6.72. The molecule has 2 aromatic carbocycles. The Balaban J connectivity index is 1.46. The zero-order valence-corrected chi connectivity index (χ0v) is 16.3. The van der Waals surface area contributed by atoms with Crippen molar-refractivity contribution >= 4 is 21.6 Å². The first-order valence-corrected chi connectivity index (χ1v) is 9.96. The molecule has 142 valence electrons. The van der Waals surface area contributed by atoms with E-state index in [4.69, 9.17) is 0 Å². The average molecular weight is 400 g/mol. The fourth-order valence-corrected chi connectivity index (χ4v) is 4.13. The fourth-order valence-electron chi connectivity index (χ4n) is 3.16. The highest BCUT2D eigenvalue weighted by molar-refractivity contribution is 7.17. The molecule has 5 rings (SSSR count). The van der Waals surface area contributed by atoms with Gasteiger partial charge >= 0.3 is 0 Å². The molecule has 0 saturated carbocycles. The highest BCUT2D eigenvalue weighted by atomic mass is 32.1. The number of benzene rings is 2. The van der Waals surface area contributed by atoms with Crippen molar-refractivity contribution in [3.8, 4) is 22.5 Å². The smallest absolute Gasteiger partial charge is 0.260 e. The maximum atomic E-state index is 12.7. The third kappa shape index (κ3) is 3.34. The predicted molar refractivity (Wildman–Crippen MR) is 113 cm³/mol. The Labute approximate surface area is 169 Å². The summed E-state index contributed by atoms with van der Waals surface area (Å²) < 4.78 is 0. The van der Waals surface area contributed by atoms with Crippen LogP contribution < -0.4 is 5.56 Å². The summed E-state index contributed by atoms with van der Waals surface area (Å²) in [5.41, 5.74) is 3.79. The average Bonchev–Trinajstić information content (AvgIpc) is 3.37. The van der Waals surface area contributed by atoms with Crippen LogP contribution in [-0.2, 0) is 6.54 Å². The Hall–Kier alpha value is -3.65. The van der Waals surface area contributed by atoms with Gasteiger partial charge in [0.1, 0.15) is 17.2 Å². The summed E-state index contributed by atoms with van der Waals surface area (Å²) in [6.45, 7) is 2.27. The van der Waals surface area contributed by atoms with E-state index in [1.165, 1.54) is 21.7 Å². The van der Waals surface area contributed by atoms with Crippen LogP contribution in [-0.4, -0.2) is 30.2 Å². The summed E-state index contributed by atoms with van der Waals surface area (Å²) >= 11 is 1.45. The van der Waals surface area contributed by atoms with E-state index in [1.54, 1.807) is 0 Å². The van der Waals surface area contributed by atoms with Gasteiger partial charge in [-0.2, -0.15) is 4.80 Å². The van der Waals surface area contributed by atoms with Crippen LogP contribution in [0.1, 0.15) is 11.4 Å². The quantitative estimate of drug-likeness (QED) is 0.497. The molecule has 0 fully saturated rings. The van der Waals surface area contributed by atoms with Crippen LogP contribution in [0.25, 0.3) is 32.7 Å². The van der Waals surface area contributed by atoms with Crippen molar-refractivity contribution in [3.63, 3.8) is 0 Å². The van der Waals surface area contributed by atoms with Crippen molar-refractivity contribution in [2.45, 2.75) is 13.5 Å². The summed E-state index contributed by atoms with van der Waals surface area (Å²) in [5.74, 6) is 1.03. The first-order chi connectivity index (χ1) is 14.2. The van der Waals surface area contributed by atoms with Crippen LogP contribution in [0.4, 0.5) is 0 Å². The van der Waals surface area contributed by atoms with Gasteiger partial charge in [0.05, 0.1) is 5.39 Å². The van der Waals surface area contributed by atoms with Crippen LogP contribution >= 0.6 is 11.3 Å². The molecule has 7 nitrogen and oxygen atoms in total.